The minimum atomic E-state index is -3.63. The Kier molecular flexibility index (Phi) is 4.91. The van der Waals surface area contributed by atoms with Crippen LogP contribution in [-0.4, -0.2) is 14.5 Å². The molecule has 0 saturated heterocycles. The topological polar surface area (TPSA) is 72.2 Å². The highest BCUT2D eigenvalue weighted by Crippen LogP contribution is 2.16. The average molecular weight is 266 g/mol. The molecule has 5 heteroatoms. The highest BCUT2D eigenvalue weighted by Gasteiger charge is 2.11. The predicted octanol–water partition coefficient (Wildman–Crippen LogP) is 1.40. The van der Waals surface area contributed by atoms with Crippen LogP contribution in [0.25, 0.3) is 0 Å². The van der Waals surface area contributed by atoms with Crippen molar-refractivity contribution >= 4 is 10.0 Å². The molecule has 1 aromatic carbocycles. The number of sulfonamides is 1. The Hall–Kier alpha value is -1.35. The van der Waals surface area contributed by atoms with E-state index in [1.54, 1.807) is 12.1 Å². The van der Waals surface area contributed by atoms with E-state index in [4.69, 9.17) is 11.6 Å². The number of nitrogens with two attached hydrogens (primary N) is 1. The quantitative estimate of drug-likeness (QED) is 0.791. The van der Waals surface area contributed by atoms with Crippen molar-refractivity contribution in [1.29, 1.82) is 0 Å². The van der Waals surface area contributed by atoms with Crippen molar-refractivity contribution in [3.8, 4) is 12.3 Å². The molecule has 0 heterocycles. The molecule has 0 saturated carbocycles. The number of terminal acetylenes is 1. The Morgan fingerprint density at radius 2 is 1.94 bits per heavy atom. The smallest absolute Gasteiger partial charge is 0.238 e. The molecule has 98 valence electrons. The summed E-state index contributed by atoms with van der Waals surface area (Å²) in [6.45, 7) is 3.99. The van der Waals surface area contributed by atoms with E-state index in [1.807, 2.05) is 13.8 Å². The monoisotopic (exact) mass is 266 g/mol. The van der Waals surface area contributed by atoms with E-state index in [-0.39, 0.29) is 17.0 Å². The van der Waals surface area contributed by atoms with Gasteiger partial charge in [-0.05, 0) is 31.0 Å². The van der Waals surface area contributed by atoms with Crippen LogP contribution in [0.4, 0.5) is 0 Å². The maximum Gasteiger partial charge on any atom is 0.238 e. The van der Waals surface area contributed by atoms with Crippen LogP contribution in [-0.2, 0) is 10.0 Å². The fourth-order valence-electron chi connectivity index (χ4n) is 1.63. The molecule has 0 amide bonds. The van der Waals surface area contributed by atoms with Crippen molar-refractivity contribution in [2.75, 3.05) is 0 Å². The van der Waals surface area contributed by atoms with Crippen molar-refractivity contribution in [1.82, 2.24) is 5.32 Å². The summed E-state index contributed by atoms with van der Waals surface area (Å²) in [6, 6.07) is 6.54. The van der Waals surface area contributed by atoms with Gasteiger partial charge in [-0.25, -0.2) is 13.6 Å². The van der Waals surface area contributed by atoms with Crippen molar-refractivity contribution in [2.24, 2.45) is 5.14 Å². The van der Waals surface area contributed by atoms with Gasteiger partial charge in [0, 0.05) is 6.04 Å². The Morgan fingerprint density at radius 3 is 2.33 bits per heavy atom. The maximum absolute atomic E-state index is 11.1. The lowest BCUT2D eigenvalue weighted by Gasteiger charge is -2.18. The standard InChI is InChI=1S/C13H18N2O2S/c1-4-12(5-2)15-10(3)11-6-8-13(9-7-11)18(14,16)17/h1,6-10,12,15H,5H2,2-3H3,(H2,14,16,17). The second kappa shape index (κ2) is 6.01. The van der Waals surface area contributed by atoms with Gasteiger partial charge >= 0.3 is 0 Å². The second-order valence-corrected chi connectivity index (χ2v) is 5.69. The molecule has 0 aliphatic heterocycles. The van der Waals surface area contributed by atoms with Gasteiger partial charge in [0.25, 0.3) is 0 Å². The maximum atomic E-state index is 11.1. The molecule has 0 bridgehead atoms. The van der Waals surface area contributed by atoms with Gasteiger partial charge in [-0.15, -0.1) is 6.42 Å². The van der Waals surface area contributed by atoms with E-state index in [2.05, 4.69) is 11.2 Å². The molecular weight excluding hydrogens is 248 g/mol. The Morgan fingerprint density at radius 1 is 1.39 bits per heavy atom. The van der Waals surface area contributed by atoms with Gasteiger partial charge in [-0.1, -0.05) is 25.0 Å². The van der Waals surface area contributed by atoms with Crippen LogP contribution in [0, 0.1) is 12.3 Å². The van der Waals surface area contributed by atoms with Gasteiger partial charge < -0.3 is 0 Å². The van der Waals surface area contributed by atoms with Gasteiger partial charge in [0.1, 0.15) is 0 Å². The fourth-order valence-corrected chi connectivity index (χ4v) is 2.14. The normalized spacial score (nSPS) is 14.8. The first kappa shape index (κ1) is 14.7. The molecule has 1 aromatic rings. The van der Waals surface area contributed by atoms with E-state index in [0.29, 0.717) is 0 Å². The lowest BCUT2D eigenvalue weighted by Crippen LogP contribution is -2.29. The van der Waals surface area contributed by atoms with Gasteiger partial charge in [0.05, 0.1) is 10.9 Å². The highest BCUT2D eigenvalue weighted by molar-refractivity contribution is 7.89. The molecular formula is C13H18N2O2S. The van der Waals surface area contributed by atoms with Crippen molar-refractivity contribution in [3.05, 3.63) is 29.8 Å². The Bertz CT molecular complexity index is 529. The number of hydrogen-bond acceptors (Lipinski definition) is 3. The van der Waals surface area contributed by atoms with E-state index < -0.39 is 10.0 Å². The predicted molar refractivity (Wildman–Crippen MR) is 72.3 cm³/mol. The van der Waals surface area contributed by atoms with E-state index in [1.165, 1.54) is 12.1 Å². The fraction of sp³-hybridized carbons (Fsp3) is 0.385. The van der Waals surface area contributed by atoms with E-state index in [0.717, 1.165) is 12.0 Å². The molecule has 0 aliphatic carbocycles. The van der Waals surface area contributed by atoms with Crippen LogP contribution < -0.4 is 10.5 Å². The number of rotatable bonds is 5. The van der Waals surface area contributed by atoms with E-state index >= 15 is 0 Å². The first-order chi connectivity index (χ1) is 8.38. The lowest BCUT2D eigenvalue weighted by atomic mass is 10.1. The van der Waals surface area contributed by atoms with Gasteiger partial charge in [-0.2, -0.15) is 0 Å². The zero-order valence-electron chi connectivity index (χ0n) is 10.6. The molecule has 2 unspecified atom stereocenters. The number of hydrogen-bond donors (Lipinski definition) is 2. The highest BCUT2D eigenvalue weighted by atomic mass is 32.2. The average Bonchev–Trinajstić information content (AvgIpc) is 2.34. The zero-order valence-corrected chi connectivity index (χ0v) is 11.4. The van der Waals surface area contributed by atoms with Crippen LogP contribution in [0.15, 0.2) is 29.2 Å². The molecule has 3 N–H and O–H groups in total. The van der Waals surface area contributed by atoms with Gasteiger partial charge in [0.15, 0.2) is 0 Å². The lowest BCUT2D eigenvalue weighted by molar-refractivity contribution is 0.512. The van der Waals surface area contributed by atoms with Crippen LogP contribution in [0.3, 0.4) is 0 Å². The van der Waals surface area contributed by atoms with Gasteiger partial charge in [-0.3, -0.25) is 5.32 Å². The van der Waals surface area contributed by atoms with Crippen LogP contribution in [0.5, 0.6) is 0 Å². The molecule has 2 atom stereocenters. The summed E-state index contributed by atoms with van der Waals surface area (Å²) in [7, 11) is -3.63. The number of primary sulfonamides is 1. The van der Waals surface area contributed by atoms with Crippen LogP contribution in [0.1, 0.15) is 31.9 Å². The molecule has 18 heavy (non-hydrogen) atoms. The third-order valence-corrected chi connectivity index (χ3v) is 3.70. The summed E-state index contributed by atoms with van der Waals surface area (Å²) in [5.41, 5.74) is 0.969. The summed E-state index contributed by atoms with van der Waals surface area (Å²) in [6.07, 6.45) is 6.23. The summed E-state index contributed by atoms with van der Waals surface area (Å²) >= 11 is 0. The Balaban J connectivity index is 2.83. The summed E-state index contributed by atoms with van der Waals surface area (Å²) in [4.78, 5) is 0.113. The first-order valence-corrected chi connectivity index (χ1v) is 7.28. The molecule has 4 nitrogen and oxygen atoms in total. The SMILES string of the molecule is C#CC(CC)NC(C)c1ccc(S(N)(=O)=O)cc1. The van der Waals surface area contributed by atoms with Crippen molar-refractivity contribution in [3.63, 3.8) is 0 Å². The molecule has 1 rings (SSSR count). The molecule has 0 aromatic heterocycles. The second-order valence-electron chi connectivity index (χ2n) is 4.13. The third-order valence-electron chi connectivity index (χ3n) is 2.77. The van der Waals surface area contributed by atoms with Crippen LogP contribution in [0.2, 0.25) is 0 Å². The molecule has 0 radical (unpaired) electrons. The summed E-state index contributed by atoms with van der Waals surface area (Å²) < 4.78 is 22.2. The van der Waals surface area contributed by atoms with E-state index in [9.17, 15) is 8.42 Å². The molecule has 0 aliphatic rings. The Labute approximate surface area is 109 Å². The zero-order chi connectivity index (χ0) is 13.8. The molecule has 0 fully saturated rings. The summed E-state index contributed by atoms with van der Waals surface area (Å²) in [5, 5.41) is 8.31. The van der Waals surface area contributed by atoms with Crippen molar-refractivity contribution < 1.29 is 8.42 Å². The minimum Gasteiger partial charge on any atom is -0.297 e. The number of benzene rings is 1. The third kappa shape index (κ3) is 3.84. The largest absolute Gasteiger partial charge is 0.297 e. The van der Waals surface area contributed by atoms with Crippen molar-refractivity contribution in [2.45, 2.75) is 37.2 Å². The first-order valence-electron chi connectivity index (χ1n) is 5.73. The van der Waals surface area contributed by atoms with Gasteiger partial charge in [0.2, 0.25) is 10.0 Å². The molecule has 0 spiro atoms. The van der Waals surface area contributed by atoms with Crippen LogP contribution >= 0.6 is 0 Å². The number of nitrogens with one attached hydrogen (secondary N) is 1. The summed E-state index contributed by atoms with van der Waals surface area (Å²) in [5.74, 6) is 2.66. The minimum absolute atomic E-state index is 0.0120.